The maximum absolute atomic E-state index is 12.7. The summed E-state index contributed by atoms with van der Waals surface area (Å²) in [6, 6.07) is 8.10. The van der Waals surface area contributed by atoms with Crippen LogP contribution in [-0.4, -0.2) is 29.5 Å². The third kappa shape index (κ3) is 3.47. The summed E-state index contributed by atoms with van der Waals surface area (Å²) in [6.45, 7) is 2.07. The highest BCUT2D eigenvalue weighted by atomic mass is 32.2. The molecule has 5 nitrogen and oxygen atoms in total. The van der Waals surface area contributed by atoms with E-state index in [1.807, 2.05) is 6.07 Å². The Morgan fingerprint density at radius 1 is 1.31 bits per heavy atom. The Labute approximate surface area is 157 Å². The monoisotopic (exact) mass is 390 g/mol. The maximum atomic E-state index is 12.7. The first kappa shape index (κ1) is 17.8. The lowest BCUT2D eigenvalue weighted by Gasteiger charge is -2.18. The molecule has 0 N–H and O–H groups in total. The van der Waals surface area contributed by atoms with Gasteiger partial charge in [-0.25, -0.2) is 13.2 Å². The first-order chi connectivity index (χ1) is 12.4. The number of hydrogen-bond acceptors (Lipinski definition) is 5. The fraction of sp³-hybridized carbons (Fsp3) is 0.474. The molecule has 0 saturated carbocycles. The molecule has 1 atom stereocenters. The zero-order valence-electron chi connectivity index (χ0n) is 14.8. The van der Waals surface area contributed by atoms with Crippen LogP contribution in [0.4, 0.5) is 0 Å². The van der Waals surface area contributed by atoms with Crippen molar-refractivity contribution >= 4 is 21.6 Å². The van der Waals surface area contributed by atoms with Gasteiger partial charge in [0, 0.05) is 17.0 Å². The van der Waals surface area contributed by atoms with E-state index in [0.717, 1.165) is 41.3 Å². The van der Waals surface area contributed by atoms with Gasteiger partial charge < -0.3 is 0 Å². The topological polar surface area (TPSA) is 69.0 Å². The summed E-state index contributed by atoms with van der Waals surface area (Å²) >= 11 is 1.61. The molecule has 0 unspecified atom stereocenters. The highest BCUT2D eigenvalue weighted by Gasteiger charge is 2.33. The van der Waals surface area contributed by atoms with Crippen molar-refractivity contribution in [1.29, 1.82) is 0 Å². The van der Waals surface area contributed by atoms with Gasteiger partial charge >= 0.3 is 5.69 Å². The van der Waals surface area contributed by atoms with E-state index in [9.17, 15) is 13.2 Å². The fourth-order valence-corrected chi connectivity index (χ4v) is 6.70. The molecule has 2 heterocycles. The van der Waals surface area contributed by atoms with Crippen molar-refractivity contribution in [3.8, 4) is 0 Å². The van der Waals surface area contributed by atoms with Crippen LogP contribution >= 0.6 is 11.8 Å². The SMILES string of the molecule is Cc1cccc(CSc2nc(=O)n([C@H]3CCS(=O)(=O)C3)c3c2CCC3)c1. The van der Waals surface area contributed by atoms with Crippen LogP contribution in [0, 0.1) is 6.92 Å². The van der Waals surface area contributed by atoms with Crippen molar-refractivity contribution in [1.82, 2.24) is 9.55 Å². The summed E-state index contributed by atoms with van der Waals surface area (Å²) in [5.74, 6) is 1.02. The van der Waals surface area contributed by atoms with Gasteiger partial charge in [0.05, 0.1) is 17.5 Å². The molecule has 0 spiro atoms. The van der Waals surface area contributed by atoms with Gasteiger partial charge in [0.15, 0.2) is 9.84 Å². The van der Waals surface area contributed by atoms with Gasteiger partial charge in [0.2, 0.25) is 0 Å². The van der Waals surface area contributed by atoms with Crippen molar-refractivity contribution in [2.75, 3.05) is 11.5 Å². The van der Waals surface area contributed by atoms with E-state index in [-0.39, 0.29) is 23.2 Å². The molecule has 1 aliphatic carbocycles. The summed E-state index contributed by atoms with van der Waals surface area (Å²) in [7, 11) is -3.03. The van der Waals surface area contributed by atoms with Crippen molar-refractivity contribution in [2.45, 2.75) is 49.4 Å². The molecule has 1 saturated heterocycles. The molecule has 2 aliphatic rings. The lowest BCUT2D eigenvalue weighted by atomic mass is 10.2. The van der Waals surface area contributed by atoms with Crippen LogP contribution < -0.4 is 5.69 Å². The van der Waals surface area contributed by atoms with Gasteiger partial charge in [-0.1, -0.05) is 29.8 Å². The van der Waals surface area contributed by atoms with Crippen LogP contribution in [0.15, 0.2) is 34.1 Å². The van der Waals surface area contributed by atoms with Gasteiger partial charge in [-0.05, 0) is 38.2 Å². The second kappa shape index (κ2) is 6.85. The van der Waals surface area contributed by atoms with Crippen molar-refractivity contribution < 1.29 is 8.42 Å². The van der Waals surface area contributed by atoms with Crippen LogP contribution in [-0.2, 0) is 28.4 Å². The summed E-state index contributed by atoms with van der Waals surface area (Å²) in [6.07, 6.45) is 3.27. The normalized spacial score (nSPS) is 21.0. The summed E-state index contributed by atoms with van der Waals surface area (Å²) in [5.41, 5.74) is 4.30. The van der Waals surface area contributed by atoms with Gasteiger partial charge in [0.1, 0.15) is 5.03 Å². The number of fused-ring (bicyclic) bond motifs is 1. The second-order valence-electron chi connectivity index (χ2n) is 7.18. The highest BCUT2D eigenvalue weighted by molar-refractivity contribution is 7.98. The molecule has 1 aliphatic heterocycles. The quantitative estimate of drug-likeness (QED) is 0.593. The lowest BCUT2D eigenvalue weighted by molar-refractivity contribution is 0.502. The van der Waals surface area contributed by atoms with Crippen LogP contribution in [0.2, 0.25) is 0 Å². The van der Waals surface area contributed by atoms with Crippen molar-refractivity contribution in [3.63, 3.8) is 0 Å². The summed E-state index contributed by atoms with van der Waals surface area (Å²) in [5, 5.41) is 0.820. The number of thioether (sulfide) groups is 1. The summed E-state index contributed by atoms with van der Waals surface area (Å²) in [4.78, 5) is 17.1. The molecule has 7 heteroatoms. The number of hydrogen-bond donors (Lipinski definition) is 0. The number of rotatable bonds is 4. The van der Waals surface area contributed by atoms with Gasteiger partial charge in [0.25, 0.3) is 0 Å². The average Bonchev–Trinajstić information content (AvgIpc) is 3.19. The fourth-order valence-electron chi connectivity index (χ4n) is 3.98. The predicted octanol–water partition coefficient (Wildman–Crippen LogP) is 2.69. The number of aryl methyl sites for hydroxylation is 1. The molecule has 1 aromatic heterocycles. The van der Waals surface area contributed by atoms with Crippen molar-refractivity contribution in [3.05, 3.63) is 57.1 Å². The molecule has 1 aromatic carbocycles. The molecule has 0 radical (unpaired) electrons. The molecule has 2 aromatic rings. The molecule has 0 bridgehead atoms. The lowest BCUT2D eigenvalue weighted by Crippen LogP contribution is -2.31. The van der Waals surface area contributed by atoms with E-state index in [4.69, 9.17) is 0 Å². The third-order valence-corrected chi connectivity index (χ3v) is 8.01. The van der Waals surface area contributed by atoms with E-state index in [2.05, 4.69) is 30.1 Å². The molecular weight excluding hydrogens is 368 g/mol. The predicted molar refractivity (Wildman–Crippen MR) is 104 cm³/mol. The summed E-state index contributed by atoms with van der Waals surface area (Å²) < 4.78 is 25.4. The first-order valence-corrected chi connectivity index (χ1v) is 11.8. The standard InChI is InChI=1S/C19H22N2O3S2/c1-13-4-2-5-14(10-13)11-25-18-16-6-3-7-17(16)21(19(22)20-18)15-8-9-26(23,24)12-15/h2,4-5,10,15H,3,6-9,11-12H2,1H3/t15-/m0/s1. The zero-order valence-corrected chi connectivity index (χ0v) is 16.4. The van der Waals surface area contributed by atoms with E-state index in [1.165, 1.54) is 11.1 Å². The van der Waals surface area contributed by atoms with E-state index in [1.54, 1.807) is 16.3 Å². The Balaban J connectivity index is 1.65. The minimum atomic E-state index is -3.03. The zero-order chi connectivity index (χ0) is 18.3. The Morgan fingerprint density at radius 2 is 2.15 bits per heavy atom. The Bertz CT molecular complexity index is 1010. The third-order valence-electron chi connectivity index (χ3n) is 5.17. The van der Waals surface area contributed by atoms with Gasteiger partial charge in [-0.3, -0.25) is 4.57 Å². The second-order valence-corrected chi connectivity index (χ2v) is 10.4. The molecule has 26 heavy (non-hydrogen) atoms. The Morgan fingerprint density at radius 3 is 2.88 bits per heavy atom. The Hall–Kier alpha value is -1.60. The smallest absolute Gasteiger partial charge is 0.292 e. The molecule has 0 amide bonds. The van der Waals surface area contributed by atoms with Crippen LogP contribution in [0.3, 0.4) is 0 Å². The number of sulfone groups is 1. The largest absolute Gasteiger partial charge is 0.349 e. The molecule has 4 rings (SSSR count). The molecular formula is C19H22N2O3S2. The molecule has 1 fully saturated rings. The van der Waals surface area contributed by atoms with Crippen LogP contribution in [0.25, 0.3) is 0 Å². The molecule has 138 valence electrons. The van der Waals surface area contributed by atoms with E-state index < -0.39 is 9.84 Å². The average molecular weight is 391 g/mol. The van der Waals surface area contributed by atoms with Gasteiger partial charge in [-0.15, -0.1) is 11.8 Å². The minimum absolute atomic E-state index is 0.0663. The minimum Gasteiger partial charge on any atom is -0.292 e. The van der Waals surface area contributed by atoms with Crippen molar-refractivity contribution in [2.24, 2.45) is 0 Å². The van der Waals surface area contributed by atoms with Gasteiger partial charge in [-0.2, -0.15) is 4.98 Å². The van der Waals surface area contributed by atoms with Crippen LogP contribution in [0.5, 0.6) is 0 Å². The van der Waals surface area contributed by atoms with E-state index >= 15 is 0 Å². The number of aromatic nitrogens is 2. The first-order valence-electron chi connectivity index (χ1n) is 8.96. The highest BCUT2D eigenvalue weighted by Crippen LogP contribution is 2.34. The number of nitrogens with zero attached hydrogens (tertiary/aromatic N) is 2. The van der Waals surface area contributed by atoms with E-state index in [0.29, 0.717) is 6.42 Å². The maximum Gasteiger partial charge on any atom is 0.349 e. The Kier molecular flexibility index (Phi) is 4.69. The number of benzene rings is 1. The van der Waals surface area contributed by atoms with Crippen LogP contribution in [0.1, 0.15) is 41.3 Å².